The Morgan fingerprint density at radius 2 is 2.00 bits per heavy atom. The molecule has 1 aromatic carbocycles. The predicted octanol–water partition coefficient (Wildman–Crippen LogP) is 2.53. The summed E-state index contributed by atoms with van der Waals surface area (Å²) in [4.78, 5) is 21.9. The van der Waals surface area contributed by atoms with Crippen molar-refractivity contribution >= 4 is 29.4 Å². The van der Waals surface area contributed by atoms with Crippen LogP contribution in [-0.2, 0) is 0 Å². The Morgan fingerprint density at radius 1 is 1.28 bits per heavy atom. The number of halogens is 2. The maximum Gasteiger partial charge on any atom is 0.512 e. The van der Waals surface area contributed by atoms with Crippen LogP contribution in [0.15, 0.2) is 29.1 Å². The minimum absolute atomic E-state index is 0.182. The molecule has 0 bridgehead atoms. The number of hydrogen-bond donors (Lipinski definition) is 2. The third-order valence-electron chi connectivity index (χ3n) is 2.06. The Labute approximate surface area is 110 Å². The van der Waals surface area contributed by atoms with Crippen LogP contribution >= 0.6 is 23.2 Å². The van der Waals surface area contributed by atoms with E-state index in [1.54, 1.807) is 6.07 Å². The summed E-state index contributed by atoms with van der Waals surface area (Å²) in [5.74, 6) is -0.182. The molecule has 0 aliphatic heterocycles. The predicted molar refractivity (Wildman–Crippen MR) is 65.1 cm³/mol. The molecule has 2 aromatic rings. The van der Waals surface area contributed by atoms with Crippen molar-refractivity contribution < 1.29 is 14.6 Å². The maximum absolute atomic E-state index is 11.6. The van der Waals surface area contributed by atoms with Gasteiger partial charge in [0.25, 0.3) is 5.56 Å². The van der Waals surface area contributed by atoms with Crippen LogP contribution in [0.25, 0.3) is 5.69 Å². The van der Waals surface area contributed by atoms with Crippen LogP contribution < -0.4 is 10.3 Å². The van der Waals surface area contributed by atoms with Gasteiger partial charge < -0.3 is 9.84 Å². The largest absolute Gasteiger partial charge is 0.512 e. The summed E-state index contributed by atoms with van der Waals surface area (Å²) in [5, 5.41) is 11.5. The van der Waals surface area contributed by atoms with Gasteiger partial charge in [0, 0.05) is 0 Å². The molecule has 18 heavy (non-hydrogen) atoms. The van der Waals surface area contributed by atoms with Gasteiger partial charge >= 0.3 is 6.16 Å². The van der Waals surface area contributed by atoms with Crippen LogP contribution in [0, 0.1) is 0 Å². The Bertz CT molecular complexity index is 662. The molecule has 0 aliphatic carbocycles. The Hall–Kier alpha value is -1.92. The second kappa shape index (κ2) is 4.75. The molecule has 1 aromatic heterocycles. The first-order chi connectivity index (χ1) is 8.47. The number of benzene rings is 1. The monoisotopic (exact) mass is 288 g/mol. The zero-order valence-corrected chi connectivity index (χ0v) is 10.2. The fourth-order valence-electron chi connectivity index (χ4n) is 1.34. The molecule has 0 radical (unpaired) electrons. The molecule has 0 atom stereocenters. The van der Waals surface area contributed by atoms with E-state index in [1.807, 2.05) is 0 Å². The quantitative estimate of drug-likeness (QED) is 0.832. The topological polar surface area (TPSA) is 84.3 Å². The summed E-state index contributed by atoms with van der Waals surface area (Å²) in [6.45, 7) is 0. The van der Waals surface area contributed by atoms with Crippen molar-refractivity contribution in [2.75, 3.05) is 0 Å². The highest BCUT2D eigenvalue weighted by molar-refractivity contribution is 6.42. The van der Waals surface area contributed by atoms with Gasteiger partial charge in [-0.05, 0) is 18.2 Å². The SMILES string of the molecule is O=C(O)Oc1cc(=O)n(-c2ccc(Cl)c(Cl)c2)[nH]1. The van der Waals surface area contributed by atoms with Gasteiger partial charge in [0.15, 0.2) is 0 Å². The lowest BCUT2D eigenvalue weighted by Crippen LogP contribution is -2.13. The molecule has 0 amide bonds. The summed E-state index contributed by atoms with van der Waals surface area (Å²) in [5.41, 5.74) is -0.0701. The third-order valence-corrected chi connectivity index (χ3v) is 2.79. The van der Waals surface area contributed by atoms with Crippen LogP contribution in [-0.4, -0.2) is 21.0 Å². The lowest BCUT2D eigenvalue weighted by molar-refractivity contribution is 0.142. The molecule has 6 nitrogen and oxygen atoms in total. The van der Waals surface area contributed by atoms with Crippen molar-refractivity contribution in [2.45, 2.75) is 0 Å². The fraction of sp³-hybridized carbons (Fsp3) is 0. The van der Waals surface area contributed by atoms with Crippen LogP contribution in [0.4, 0.5) is 4.79 Å². The average molecular weight is 289 g/mol. The molecule has 0 saturated heterocycles. The first-order valence-electron chi connectivity index (χ1n) is 4.65. The van der Waals surface area contributed by atoms with Crippen LogP contribution in [0.2, 0.25) is 10.0 Å². The van der Waals surface area contributed by atoms with Crippen LogP contribution in [0.1, 0.15) is 0 Å². The standard InChI is InChI=1S/C10H6Cl2N2O4/c11-6-2-1-5(3-7(6)12)14-9(15)4-8(13-14)18-10(16)17/h1-4,13H,(H,16,17). The number of aromatic nitrogens is 2. The second-order valence-corrected chi connectivity index (χ2v) is 4.07. The lowest BCUT2D eigenvalue weighted by atomic mass is 10.3. The highest BCUT2D eigenvalue weighted by Gasteiger charge is 2.10. The number of nitrogens with one attached hydrogen (secondary N) is 1. The third kappa shape index (κ3) is 2.49. The molecular weight excluding hydrogens is 283 g/mol. The van der Waals surface area contributed by atoms with Crippen molar-refractivity contribution in [3.05, 3.63) is 44.7 Å². The van der Waals surface area contributed by atoms with E-state index in [4.69, 9.17) is 28.3 Å². The molecule has 2 rings (SSSR count). The van der Waals surface area contributed by atoms with Crippen molar-refractivity contribution in [1.29, 1.82) is 0 Å². The van der Waals surface area contributed by atoms with Crippen molar-refractivity contribution in [3.63, 3.8) is 0 Å². The summed E-state index contributed by atoms with van der Waals surface area (Å²) < 4.78 is 5.42. The average Bonchev–Trinajstić information content (AvgIpc) is 2.62. The number of hydrogen-bond acceptors (Lipinski definition) is 3. The number of nitrogens with zero attached hydrogens (tertiary/aromatic N) is 1. The fourth-order valence-corrected chi connectivity index (χ4v) is 1.63. The highest BCUT2D eigenvalue weighted by Crippen LogP contribution is 2.23. The van der Waals surface area contributed by atoms with Gasteiger partial charge in [-0.3, -0.25) is 9.89 Å². The van der Waals surface area contributed by atoms with Crippen molar-refractivity contribution in [3.8, 4) is 11.6 Å². The number of carbonyl (C=O) groups is 1. The molecule has 0 unspecified atom stereocenters. The van der Waals surface area contributed by atoms with Gasteiger partial charge in [0.2, 0.25) is 5.88 Å². The van der Waals surface area contributed by atoms with Gasteiger partial charge in [0.05, 0.1) is 21.8 Å². The number of H-pyrrole nitrogens is 1. The van der Waals surface area contributed by atoms with E-state index in [1.165, 1.54) is 12.1 Å². The van der Waals surface area contributed by atoms with Crippen LogP contribution in [0.5, 0.6) is 5.88 Å². The van der Waals surface area contributed by atoms with Gasteiger partial charge in [-0.1, -0.05) is 23.2 Å². The zero-order valence-electron chi connectivity index (χ0n) is 8.68. The lowest BCUT2D eigenvalue weighted by Gasteiger charge is -2.03. The summed E-state index contributed by atoms with van der Waals surface area (Å²) in [6.07, 6.45) is -1.52. The van der Waals surface area contributed by atoms with E-state index in [-0.39, 0.29) is 10.9 Å². The Kier molecular flexibility index (Phi) is 3.31. The van der Waals surface area contributed by atoms with E-state index in [0.717, 1.165) is 10.7 Å². The minimum atomic E-state index is -1.52. The molecule has 0 aliphatic rings. The van der Waals surface area contributed by atoms with Gasteiger partial charge in [-0.2, -0.15) is 0 Å². The van der Waals surface area contributed by atoms with E-state index < -0.39 is 11.7 Å². The first-order valence-corrected chi connectivity index (χ1v) is 5.41. The summed E-state index contributed by atoms with van der Waals surface area (Å²) in [6, 6.07) is 5.55. The molecular formula is C10H6Cl2N2O4. The van der Waals surface area contributed by atoms with E-state index in [2.05, 4.69) is 9.84 Å². The van der Waals surface area contributed by atoms with E-state index in [0.29, 0.717) is 10.7 Å². The van der Waals surface area contributed by atoms with Crippen molar-refractivity contribution in [2.24, 2.45) is 0 Å². The molecule has 0 fully saturated rings. The minimum Gasteiger partial charge on any atom is -0.449 e. The Balaban J connectivity index is 2.44. The second-order valence-electron chi connectivity index (χ2n) is 3.26. The molecule has 8 heteroatoms. The first kappa shape index (κ1) is 12.5. The summed E-state index contributed by atoms with van der Waals surface area (Å²) >= 11 is 11.6. The van der Waals surface area contributed by atoms with Crippen molar-refractivity contribution in [1.82, 2.24) is 9.78 Å². The van der Waals surface area contributed by atoms with Gasteiger partial charge in [-0.25, -0.2) is 9.48 Å². The normalized spacial score (nSPS) is 10.3. The number of ether oxygens (including phenoxy) is 1. The smallest absolute Gasteiger partial charge is 0.449 e. The molecule has 0 spiro atoms. The van der Waals surface area contributed by atoms with E-state index in [9.17, 15) is 9.59 Å². The number of aromatic amines is 1. The highest BCUT2D eigenvalue weighted by atomic mass is 35.5. The molecule has 0 saturated carbocycles. The number of rotatable bonds is 2. The molecule has 2 N–H and O–H groups in total. The van der Waals surface area contributed by atoms with Crippen LogP contribution in [0.3, 0.4) is 0 Å². The zero-order chi connectivity index (χ0) is 13.3. The van der Waals surface area contributed by atoms with Gasteiger partial charge in [0.1, 0.15) is 0 Å². The Morgan fingerprint density at radius 3 is 2.61 bits per heavy atom. The molecule has 1 heterocycles. The van der Waals surface area contributed by atoms with Gasteiger partial charge in [-0.15, -0.1) is 0 Å². The molecule has 94 valence electrons. The van der Waals surface area contributed by atoms with E-state index >= 15 is 0 Å². The summed E-state index contributed by atoms with van der Waals surface area (Å²) in [7, 11) is 0. The maximum atomic E-state index is 11.6. The number of carboxylic acid groups (broad SMARTS) is 1.